The zero-order chi connectivity index (χ0) is 14.3. The van der Waals surface area contributed by atoms with Gasteiger partial charge in [0.05, 0.1) is 6.04 Å². The standard InChI is InChI=1S/C12H23NO2S.C2H6/c1-12(2,3)11(14)10(13)8-9-4-6-16(15)7-5-9;1-2/h9-10H,4-8,13H2,1-3H3;1-2H3. The molecule has 18 heavy (non-hydrogen) atoms. The number of Topliss-reactive ketones (excluding diaryl/α,β-unsaturated/α-hetero) is 1. The summed E-state index contributed by atoms with van der Waals surface area (Å²) in [6, 6.07) is -0.350. The minimum absolute atomic E-state index is 0.138. The Bertz CT molecular complexity index is 274. The Balaban J connectivity index is 0.00000137. The minimum Gasteiger partial charge on any atom is -0.321 e. The van der Waals surface area contributed by atoms with Gasteiger partial charge in [-0.25, -0.2) is 0 Å². The van der Waals surface area contributed by atoms with Gasteiger partial charge in [0.1, 0.15) is 0 Å². The van der Waals surface area contributed by atoms with E-state index in [2.05, 4.69) is 0 Å². The van der Waals surface area contributed by atoms with Crippen LogP contribution < -0.4 is 5.73 Å². The molecule has 0 saturated carbocycles. The molecule has 108 valence electrons. The SMILES string of the molecule is CC.CC(C)(C)C(=O)C(N)CC1CCS(=O)CC1. The Kier molecular flexibility index (Phi) is 7.95. The molecule has 0 radical (unpaired) electrons. The summed E-state index contributed by atoms with van der Waals surface area (Å²) in [4.78, 5) is 11.9. The summed E-state index contributed by atoms with van der Waals surface area (Å²) in [5.41, 5.74) is 5.59. The lowest BCUT2D eigenvalue weighted by molar-refractivity contribution is -0.128. The molecule has 0 aliphatic carbocycles. The fraction of sp³-hybridized carbons (Fsp3) is 0.929. The van der Waals surface area contributed by atoms with E-state index in [-0.39, 0.29) is 17.2 Å². The van der Waals surface area contributed by atoms with E-state index in [4.69, 9.17) is 5.73 Å². The van der Waals surface area contributed by atoms with Gasteiger partial charge in [0.2, 0.25) is 0 Å². The molecule has 4 heteroatoms. The monoisotopic (exact) mass is 275 g/mol. The number of carbonyl (C=O) groups is 1. The third-order valence-electron chi connectivity index (χ3n) is 3.17. The number of ketones is 1. The van der Waals surface area contributed by atoms with Crippen LogP contribution >= 0.6 is 0 Å². The van der Waals surface area contributed by atoms with Gasteiger partial charge in [-0.15, -0.1) is 0 Å². The molecule has 0 aromatic carbocycles. The van der Waals surface area contributed by atoms with Crippen LogP contribution in [0.4, 0.5) is 0 Å². The van der Waals surface area contributed by atoms with Gasteiger partial charge in [-0.1, -0.05) is 34.6 Å². The molecule has 0 bridgehead atoms. The summed E-state index contributed by atoms with van der Waals surface area (Å²) >= 11 is 0. The lowest BCUT2D eigenvalue weighted by atomic mass is 9.82. The van der Waals surface area contributed by atoms with E-state index in [9.17, 15) is 9.00 Å². The van der Waals surface area contributed by atoms with E-state index < -0.39 is 10.8 Å². The molecule has 0 aromatic rings. The average molecular weight is 275 g/mol. The number of hydrogen-bond donors (Lipinski definition) is 1. The van der Waals surface area contributed by atoms with Gasteiger partial charge in [-0.3, -0.25) is 9.00 Å². The van der Waals surface area contributed by atoms with Crippen molar-refractivity contribution in [2.24, 2.45) is 17.1 Å². The molecule has 0 amide bonds. The number of hydrogen-bond acceptors (Lipinski definition) is 3. The third-order valence-corrected chi connectivity index (χ3v) is 4.55. The largest absolute Gasteiger partial charge is 0.321 e. The van der Waals surface area contributed by atoms with Crippen molar-refractivity contribution in [3.8, 4) is 0 Å². The van der Waals surface area contributed by atoms with Crippen LogP contribution in [0.2, 0.25) is 0 Å². The van der Waals surface area contributed by atoms with Gasteiger partial charge >= 0.3 is 0 Å². The van der Waals surface area contributed by atoms with Gasteiger partial charge in [-0.05, 0) is 25.2 Å². The molecule has 0 spiro atoms. The molecule has 1 aliphatic heterocycles. The number of rotatable bonds is 3. The van der Waals surface area contributed by atoms with Crippen LogP contribution in [0.25, 0.3) is 0 Å². The van der Waals surface area contributed by atoms with Crippen molar-refractivity contribution in [3.63, 3.8) is 0 Å². The van der Waals surface area contributed by atoms with Gasteiger partial charge in [0, 0.05) is 27.7 Å². The lowest BCUT2D eigenvalue weighted by Crippen LogP contribution is -2.41. The van der Waals surface area contributed by atoms with E-state index in [0.717, 1.165) is 30.8 Å². The smallest absolute Gasteiger partial charge is 0.154 e. The molecule has 0 aromatic heterocycles. The fourth-order valence-electron chi connectivity index (χ4n) is 2.10. The van der Waals surface area contributed by atoms with Crippen LogP contribution in [0, 0.1) is 11.3 Å². The summed E-state index contributed by atoms with van der Waals surface area (Å²) < 4.78 is 11.2. The first-order valence-corrected chi connectivity index (χ1v) is 8.44. The van der Waals surface area contributed by atoms with Crippen LogP contribution in [-0.4, -0.2) is 27.5 Å². The molecule has 1 atom stereocenters. The lowest BCUT2D eigenvalue weighted by Gasteiger charge is -2.27. The normalized spacial score (nSPS) is 25.9. The maximum absolute atomic E-state index is 11.9. The van der Waals surface area contributed by atoms with Crippen molar-refractivity contribution < 1.29 is 9.00 Å². The van der Waals surface area contributed by atoms with Crippen molar-refractivity contribution in [2.45, 2.75) is 59.9 Å². The predicted octanol–water partition coefficient (Wildman–Crippen LogP) is 2.50. The van der Waals surface area contributed by atoms with Gasteiger partial charge < -0.3 is 5.73 Å². The van der Waals surface area contributed by atoms with Crippen molar-refractivity contribution in [1.29, 1.82) is 0 Å². The van der Waals surface area contributed by atoms with Crippen molar-refractivity contribution in [2.75, 3.05) is 11.5 Å². The van der Waals surface area contributed by atoms with E-state index >= 15 is 0 Å². The Hall–Kier alpha value is -0.220. The van der Waals surface area contributed by atoms with Gasteiger partial charge in [-0.2, -0.15) is 0 Å². The van der Waals surface area contributed by atoms with E-state index in [0.29, 0.717) is 5.92 Å². The third kappa shape index (κ3) is 6.10. The van der Waals surface area contributed by atoms with E-state index in [1.807, 2.05) is 34.6 Å². The molecule has 1 fully saturated rings. The molecule has 3 nitrogen and oxygen atoms in total. The molecular weight excluding hydrogens is 246 g/mol. The highest BCUT2D eigenvalue weighted by molar-refractivity contribution is 7.85. The summed E-state index contributed by atoms with van der Waals surface area (Å²) in [7, 11) is -0.629. The zero-order valence-electron chi connectivity index (χ0n) is 12.5. The fourth-order valence-corrected chi connectivity index (χ4v) is 3.50. The Morgan fingerprint density at radius 3 is 2.11 bits per heavy atom. The topological polar surface area (TPSA) is 60.2 Å². The molecule has 2 N–H and O–H groups in total. The highest BCUT2D eigenvalue weighted by atomic mass is 32.2. The molecule has 1 aliphatic rings. The van der Waals surface area contributed by atoms with Gasteiger partial charge in [0.15, 0.2) is 5.78 Å². The first-order valence-electron chi connectivity index (χ1n) is 6.95. The maximum atomic E-state index is 11.9. The second-order valence-electron chi connectivity index (χ2n) is 5.75. The summed E-state index contributed by atoms with van der Waals surface area (Å²) in [6.07, 6.45) is 2.67. The maximum Gasteiger partial charge on any atom is 0.154 e. The first-order chi connectivity index (χ1) is 8.30. The summed E-state index contributed by atoms with van der Waals surface area (Å²) in [5.74, 6) is 2.18. The van der Waals surface area contributed by atoms with Crippen molar-refractivity contribution >= 4 is 16.6 Å². The number of carbonyl (C=O) groups excluding carboxylic acids is 1. The Morgan fingerprint density at radius 2 is 1.72 bits per heavy atom. The van der Waals surface area contributed by atoms with Crippen molar-refractivity contribution in [1.82, 2.24) is 0 Å². The van der Waals surface area contributed by atoms with Gasteiger partial charge in [0.25, 0.3) is 0 Å². The van der Waals surface area contributed by atoms with E-state index in [1.54, 1.807) is 0 Å². The summed E-state index contributed by atoms with van der Waals surface area (Å²) in [5, 5.41) is 0. The average Bonchev–Trinajstić information content (AvgIpc) is 2.32. The molecule has 1 heterocycles. The minimum atomic E-state index is -0.629. The van der Waals surface area contributed by atoms with Crippen LogP contribution in [0.15, 0.2) is 0 Å². The van der Waals surface area contributed by atoms with Crippen LogP contribution in [0.5, 0.6) is 0 Å². The van der Waals surface area contributed by atoms with Crippen LogP contribution in [0.1, 0.15) is 53.9 Å². The Morgan fingerprint density at radius 1 is 1.28 bits per heavy atom. The zero-order valence-corrected chi connectivity index (χ0v) is 13.3. The van der Waals surface area contributed by atoms with Crippen molar-refractivity contribution in [3.05, 3.63) is 0 Å². The molecule has 1 unspecified atom stereocenters. The molecule has 1 rings (SSSR count). The van der Waals surface area contributed by atoms with Crippen LogP contribution in [0.3, 0.4) is 0 Å². The predicted molar refractivity (Wildman–Crippen MR) is 79.0 cm³/mol. The second kappa shape index (κ2) is 8.05. The Labute approximate surface area is 114 Å². The second-order valence-corrected chi connectivity index (χ2v) is 7.44. The van der Waals surface area contributed by atoms with Crippen LogP contribution in [-0.2, 0) is 15.6 Å². The molecule has 1 saturated heterocycles. The first kappa shape index (κ1) is 17.8. The summed E-state index contributed by atoms with van der Waals surface area (Å²) in [6.45, 7) is 9.72. The quantitative estimate of drug-likeness (QED) is 0.861. The highest BCUT2D eigenvalue weighted by Crippen LogP contribution is 2.24. The molecular formula is C14H29NO2S. The number of nitrogens with two attached hydrogens (primary N) is 1. The highest BCUT2D eigenvalue weighted by Gasteiger charge is 2.29. The van der Waals surface area contributed by atoms with E-state index in [1.165, 1.54) is 0 Å².